The topological polar surface area (TPSA) is 96.9 Å². The summed E-state index contributed by atoms with van der Waals surface area (Å²) in [6.45, 7) is 6.54. The van der Waals surface area contributed by atoms with Gasteiger partial charge in [-0.3, -0.25) is 19.5 Å². The van der Waals surface area contributed by atoms with Crippen LogP contribution in [0.15, 0.2) is 67.0 Å². The molecule has 0 saturated carbocycles. The molecular formula is C31H35N5O4S. The number of aromatic nitrogens is 2. The largest absolute Gasteiger partial charge is 0.491 e. The van der Waals surface area contributed by atoms with Crippen molar-refractivity contribution in [2.45, 2.75) is 32.5 Å². The SMILES string of the molecule is CO[C@@H]1CN(C)C(=O)c2cc(NC(=O)c3nc4ccccc4s3)ccc2OC[C@@H](C)N(Cc2cccnc2)C[C@@H]1C. The lowest BCUT2D eigenvalue weighted by Crippen LogP contribution is -2.46. The monoisotopic (exact) mass is 573 g/mol. The van der Waals surface area contributed by atoms with Gasteiger partial charge in [0.1, 0.15) is 12.4 Å². The molecule has 3 heterocycles. The fourth-order valence-corrected chi connectivity index (χ4v) is 5.89. The number of nitrogens with one attached hydrogen (secondary N) is 1. The summed E-state index contributed by atoms with van der Waals surface area (Å²) in [5.74, 6) is 0.0862. The van der Waals surface area contributed by atoms with Gasteiger partial charge in [0.2, 0.25) is 0 Å². The number of thiazole rings is 1. The number of benzene rings is 2. The van der Waals surface area contributed by atoms with Crippen molar-refractivity contribution in [2.75, 3.05) is 39.2 Å². The zero-order valence-corrected chi connectivity index (χ0v) is 24.6. The number of hydrogen-bond acceptors (Lipinski definition) is 8. The maximum absolute atomic E-state index is 13.7. The van der Waals surface area contributed by atoms with Crippen LogP contribution in [-0.2, 0) is 11.3 Å². The van der Waals surface area contributed by atoms with E-state index >= 15 is 0 Å². The second kappa shape index (κ2) is 12.8. The number of fused-ring (bicyclic) bond motifs is 2. The minimum Gasteiger partial charge on any atom is -0.491 e. The van der Waals surface area contributed by atoms with Gasteiger partial charge in [0.25, 0.3) is 11.8 Å². The van der Waals surface area contributed by atoms with E-state index in [0.29, 0.717) is 35.2 Å². The Morgan fingerprint density at radius 3 is 2.73 bits per heavy atom. The summed E-state index contributed by atoms with van der Waals surface area (Å²) in [4.78, 5) is 39.5. The van der Waals surface area contributed by atoms with Crippen LogP contribution in [0.25, 0.3) is 10.2 Å². The number of methoxy groups -OCH3 is 1. The van der Waals surface area contributed by atoms with Gasteiger partial charge in [-0.15, -0.1) is 11.3 Å². The summed E-state index contributed by atoms with van der Waals surface area (Å²) in [5, 5.41) is 3.26. The molecule has 2 aromatic heterocycles. The van der Waals surface area contributed by atoms with Crippen LogP contribution in [0.5, 0.6) is 5.75 Å². The molecule has 9 nitrogen and oxygen atoms in total. The lowest BCUT2D eigenvalue weighted by Gasteiger charge is -2.36. The molecule has 0 unspecified atom stereocenters. The first-order valence-corrected chi connectivity index (χ1v) is 14.5. The van der Waals surface area contributed by atoms with E-state index in [-0.39, 0.29) is 29.9 Å². The Bertz CT molecular complexity index is 1480. The number of hydrogen-bond donors (Lipinski definition) is 1. The minimum atomic E-state index is -0.325. The highest BCUT2D eigenvalue weighted by molar-refractivity contribution is 7.20. The van der Waals surface area contributed by atoms with Crippen LogP contribution in [0.2, 0.25) is 0 Å². The summed E-state index contributed by atoms with van der Waals surface area (Å²) >= 11 is 1.33. The van der Waals surface area contributed by atoms with Crippen molar-refractivity contribution >= 4 is 39.1 Å². The highest BCUT2D eigenvalue weighted by atomic mass is 32.1. The number of pyridine rings is 1. The molecule has 0 fully saturated rings. The molecule has 0 bridgehead atoms. The molecule has 0 radical (unpaired) electrons. The first-order chi connectivity index (χ1) is 19.8. The van der Waals surface area contributed by atoms with Gasteiger partial charge in [0, 0.05) is 57.9 Å². The Hall–Kier alpha value is -3.86. The van der Waals surface area contributed by atoms with Crippen LogP contribution >= 0.6 is 11.3 Å². The van der Waals surface area contributed by atoms with Gasteiger partial charge in [-0.05, 0) is 54.8 Å². The normalized spacial score (nSPS) is 20.5. The quantitative estimate of drug-likeness (QED) is 0.361. The number of carbonyl (C=O) groups excluding carboxylic acids is 2. The van der Waals surface area contributed by atoms with E-state index in [1.165, 1.54) is 11.3 Å². The van der Waals surface area contributed by atoms with Crippen molar-refractivity contribution in [1.82, 2.24) is 19.8 Å². The summed E-state index contributed by atoms with van der Waals surface area (Å²) < 4.78 is 13.1. The van der Waals surface area contributed by atoms with E-state index < -0.39 is 0 Å². The number of anilines is 1. The number of rotatable bonds is 5. The van der Waals surface area contributed by atoms with Crippen molar-refractivity contribution in [1.29, 1.82) is 0 Å². The van der Waals surface area contributed by atoms with Crippen LogP contribution in [-0.4, -0.2) is 77.6 Å². The first-order valence-electron chi connectivity index (χ1n) is 13.7. The predicted octanol–water partition coefficient (Wildman–Crippen LogP) is 4.95. The molecule has 2 amide bonds. The Morgan fingerprint density at radius 2 is 1.98 bits per heavy atom. The third kappa shape index (κ3) is 6.73. The summed E-state index contributed by atoms with van der Waals surface area (Å²) in [5.41, 5.74) is 2.77. The number of carbonyl (C=O) groups is 2. The molecule has 3 atom stereocenters. The van der Waals surface area contributed by atoms with Crippen molar-refractivity contribution in [3.63, 3.8) is 0 Å². The fourth-order valence-electron chi connectivity index (χ4n) is 5.03. The van der Waals surface area contributed by atoms with Crippen LogP contribution in [0, 0.1) is 5.92 Å². The van der Waals surface area contributed by atoms with E-state index in [1.807, 2.05) is 36.5 Å². The Balaban J connectivity index is 1.41. The molecule has 214 valence electrons. The number of nitrogens with zero attached hydrogens (tertiary/aromatic N) is 4. The zero-order chi connectivity index (χ0) is 28.9. The van der Waals surface area contributed by atoms with E-state index in [4.69, 9.17) is 9.47 Å². The fraction of sp³-hybridized carbons (Fsp3) is 0.355. The average Bonchev–Trinajstić information content (AvgIpc) is 3.43. The number of likely N-dealkylation sites (N-methyl/N-ethyl adjacent to an activating group) is 1. The van der Waals surface area contributed by atoms with Crippen LogP contribution in [0.4, 0.5) is 5.69 Å². The highest BCUT2D eigenvalue weighted by Crippen LogP contribution is 2.28. The third-order valence-electron chi connectivity index (χ3n) is 7.43. The number of amides is 2. The van der Waals surface area contributed by atoms with Gasteiger partial charge in [-0.1, -0.05) is 25.1 Å². The second-order valence-electron chi connectivity index (χ2n) is 10.5. The van der Waals surface area contributed by atoms with Gasteiger partial charge >= 0.3 is 0 Å². The average molecular weight is 574 g/mol. The van der Waals surface area contributed by atoms with Gasteiger partial charge in [-0.25, -0.2) is 4.98 Å². The summed E-state index contributed by atoms with van der Waals surface area (Å²) in [6.07, 6.45) is 3.49. The molecule has 0 saturated heterocycles. The molecular weight excluding hydrogens is 538 g/mol. The van der Waals surface area contributed by atoms with Gasteiger partial charge in [0.05, 0.1) is 21.9 Å². The van der Waals surface area contributed by atoms with Crippen molar-refractivity contribution in [2.24, 2.45) is 5.92 Å². The molecule has 2 aromatic carbocycles. The Kier molecular flexibility index (Phi) is 8.92. The minimum absolute atomic E-state index is 0.0497. The molecule has 10 heteroatoms. The lowest BCUT2D eigenvalue weighted by molar-refractivity contribution is 0.00920. The van der Waals surface area contributed by atoms with E-state index in [1.54, 1.807) is 43.5 Å². The van der Waals surface area contributed by atoms with Crippen molar-refractivity contribution < 1.29 is 19.1 Å². The van der Waals surface area contributed by atoms with Gasteiger partial charge in [0.15, 0.2) is 5.01 Å². The first kappa shape index (κ1) is 28.7. The van der Waals surface area contributed by atoms with Crippen molar-refractivity contribution in [3.8, 4) is 5.75 Å². The van der Waals surface area contributed by atoms with E-state index in [2.05, 4.69) is 40.1 Å². The van der Waals surface area contributed by atoms with E-state index in [0.717, 1.165) is 28.9 Å². The Morgan fingerprint density at radius 1 is 1.15 bits per heavy atom. The molecule has 1 N–H and O–H groups in total. The molecule has 5 rings (SSSR count). The van der Waals surface area contributed by atoms with Crippen LogP contribution < -0.4 is 10.1 Å². The van der Waals surface area contributed by atoms with Gasteiger partial charge < -0.3 is 19.7 Å². The van der Waals surface area contributed by atoms with Crippen LogP contribution in [0.3, 0.4) is 0 Å². The molecule has 1 aliphatic heterocycles. The second-order valence-corrected chi connectivity index (χ2v) is 11.6. The zero-order valence-electron chi connectivity index (χ0n) is 23.7. The summed E-state index contributed by atoms with van der Waals surface area (Å²) in [6, 6.07) is 16.9. The maximum Gasteiger partial charge on any atom is 0.284 e. The van der Waals surface area contributed by atoms with Gasteiger partial charge in [-0.2, -0.15) is 0 Å². The van der Waals surface area contributed by atoms with Crippen molar-refractivity contribution in [3.05, 3.63) is 83.1 Å². The smallest absolute Gasteiger partial charge is 0.284 e. The molecule has 41 heavy (non-hydrogen) atoms. The molecule has 0 spiro atoms. The molecule has 0 aliphatic carbocycles. The molecule has 1 aliphatic rings. The van der Waals surface area contributed by atoms with E-state index in [9.17, 15) is 9.59 Å². The highest BCUT2D eigenvalue weighted by Gasteiger charge is 2.29. The Labute approximate surface area is 244 Å². The maximum atomic E-state index is 13.7. The predicted molar refractivity (Wildman–Crippen MR) is 161 cm³/mol. The number of ether oxygens (including phenoxy) is 2. The number of para-hydroxylation sites is 1. The summed E-state index contributed by atoms with van der Waals surface area (Å²) in [7, 11) is 3.45. The molecule has 4 aromatic rings. The van der Waals surface area contributed by atoms with Crippen LogP contribution in [0.1, 0.15) is 39.6 Å². The lowest BCUT2D eigenvalue weighted by atomic mass is 10.0. The standard InChI is InChI=1S/C31H35N5O4S/c1-20-16-36(17-22-8-7-13-32-15-22)21(2)19-40-26-12-11-23(14-24(26)31(38)35(3)18-27(20)39-4)33-29(37)30-34-25-9-5-6-10-28(25)41-30/h5-15,20-21,27H,16-19H2,1-4H3,(H,33,37)/t20-,21+,27+/m0/s1. The third-order valence-corrected chi connectivity index (χ3v) is 8.46.